The Balaban J connectivity index is 2.12. The van der Waals surface area contributed by atoms with Crippen LogP contribution in [0.15, 0.2) is 24.3 Å². The topological polar surface area (TPSA) is 26.3 Å². The number of aryl methyl sites for hydroxylation is 1. The Kier molecular flexibility index (Phi) is 2.75. The van der Waals surface area contributed by atoms with Crippen LogP contribution in [-0.4, -0.2) is 12.6 Å². The van der Waals surface area contributed by atoms with Crippen LogP contribution in [0.3, 0.4) is 0 Å². The zero-order valence-electron chi connectivity index (χ0n) is 10.1. The van der Waals surface area contributed by atoms with Crippen molar-refractivity contribution in [1.29, 1.82) is 0 Å². The maximum Gasteiger partial charge on any atom is 0.309 e. The molecule has 1 aromatic carbocycles. The molecule has 0 N–H and O–H groups in total. The largest absolute Gasteiger partial charge is 0.466 e. The third-order valence-corrected chi connectivity index (χ3v) is 3.52. The highest BCUT2D eigenvalue weighted by Gasteiger charge is 2.56. The summed E-state index contributed by atoms with van der Waals surface area (Å²) in [6.07, 6.45) is 0.912. The molecule has 0 radical (unpaired) electrons. The van der Waals surface area contributed by atoms with E-state index in [2.05, 4.69) is 38.1 Å². The van der Waals surface area contributed by atoms with Gasteiger partial charge >= 0.3 is 5.97 Å². The number of benzene rings is 1. The lowest BCUT2D eigenvalue weighted by atomic mass is 9.95. The normalized spacial score (nSPS) is 27.6. The third-order valence-electron chi connectivity index (χ3n) is 3.52. The van der Waals surface area contributed by atoms with Crippen LogP contribution in [0.25, 0.3) is 0 Å². The zero-order chi connectivity index (χ0) is 11.8. The van der Waals surface area contributed by atoms with Gasteiger partial charge in [-0.05, 0) is 25.8 Å². The number of carbonyl (C=O) groups is 1. The van der Waals surface area contributed by atoms with Gasteiger partial charge in [0.1, 0.15) is 0 Å². The van der Waals surface area contributed by atoms with Crippen LogP contribution in [0.4, 0.5) is 0 Å². The lowest BCUT2D eigenvalue weighted by Gasteiger charge is -2.11. The molecule has 1 fully saturated rings. The summed E-state index contributed by atoms with van der Waals surface area (Å²) >= 11 is 0. The lowest BCUT2D eigenvalue weighted by molar-refractivity contribution is -0.145. The van der Waals surface area contributed by atoms with Crippen LogP contribution >= 0.6 is 0 Å². The molecule has 1 aliphatic carbocycles. The van der Waals surface area contributed by atoms with E-state index in [4.69, 9.17) is 4.74 Å². The molecule has 0 saturated heterocycles. The van der Waals surface area contributed by atoms with E-state index in [1.807, 2.05) is 6.92 Å². The SMILES string of the molecule is CCOC(=O)C1CC1(C)c1ccc(C)cc1. The highest BCUT2D eigenvalue weighted by atomic mass is 16.5. The van der Waals surface area contributed by atoms with Gasteiger partial charge in [-0.25, -0.2) is 0 Å². The van der Waals surface area contributed by atoms with Crippen molar-refractivity contribution < 1.29 is 9.53 Å². The molecule has 1 saturated carbocycles. The van der Waals surface area contributed by atoms with Gasteiger partial charge in [0.2, 0.25) is 0 Å². The van der Waals surface area contributed by atoms with Crippen molar-refractivity contribution in [3.63, 3.8) is 0 Å². The van der Waals surface area contributed by atoms with E-state index in [9.17, 15) is 4.79 Å². The molecule has 86 valence electrons. The summed E-state index contributed by atoms with van der Waals surface area (Å²) in [5.41, 5.74) is 2.50. The van der Waals surface area contributed by atoms with Crippen molar-refractivity contribution in [2.24, 2.45) is 5.92 Å². The molecule has 2 atom stereocenters. The number of hydrogen-bond donors (Lipinski definition) is 0. The van der Waals surface area contributed by atoms with Gasteiger partial charge in [-0.15, -0.1) is 0 Å². The van der Waals surface area contributed by atoms with Crippen LogP contribution in [0.2, 0.25) is 0 Å². The van der Waals surface area contributed by atoms with Gasteiger partial charge in [-0.1, -0.05) is 36.8 Å². The number of hydrogen-bond acceptors (Lipinski definition) is 2. The maximum absolute atomic E-state index is 11.6. The van der Waals surface area contributed by atoms with Gasteiger partial charge in [-0.3, -0.25) is 4.79 Å². The van der Waals surface area contributed by atoms with Crippen LogP contribution in [0, 0.1) is 12.8 Å². The standard InChI is InChI=1S/C14H18O2/c1-4-16-13(15)12-9-14(12,3)11-7-5-10(2)6-8-11/h5-8,12H,4,9H2,1-3H3. The second-order valence-corrected chi connectivity index (χ2v) is 4.79. The first-order chi connectivity index (χ1) is 7.58. The molecule has 0 amide bonds. The lowest BCUT2D eigenvalue weighted by Crippen LogP contribution is -2.14. The van der Waals surface area contributed by atoms with Crippen molar-refractivity contribution in [3.05, 3.63) is 35.4 Å². The summed E-state index contributed by atoms with van der Waals surface area (Å²) in [5.74, 6) is 0.000677. The van der Waals surface area contributed by atoms with Crippen molar-refractivity contribution in [1.82, 2.24) is 0 Å². The van der Waals surface area contributed by atoms with Crippen LogP contribution in [-0.2, 0) is 14.9 Å². The summed E-state index contributed by atoms with van der Waals surface area (Å²) in [5, 5.41) is 0. The summed E-state index contributed by atoms with van der Waals surface area (Å²) in [4.78, 5) is 11.6. The molecule has 0 aromatic heterocycles. The molecule has 0 spiro atoms. The molecule has 16 heavy (non-hydrogen) atoms. The van der Waals surface area contributed by atoms with Gasteiger partial charge in [0.25, 0.3) is 0 Å². The van der Waals surface area contributed by atoms with Crippen molar-refractivity contribution in [2.45, 2.75) is 32.6 Å². The Hall–Kier alpha value is -1.31. The molecule has 2 rings (SSSR count). The smallest absolute Gasteiger partial charge is 0.309 e. The van der Waals surface area contributed by atoms with Crippen molar-refractivity contribution in [2.75, 3.05) is 6.61 Å². The Morgan fingerprint density at radius 2 is 2.06 bits per heavy atom. The second-order valence-electron chi connectivity index (χ2n) is 4.79. The molecule has 0 heterocycles. The van der Waals surface area contributed by atoms with Crippen molar-refractivity contribution in [3.8, 4) is 0 Å². The predicted octanol–water partition coefficient (Wildman–Crippen LogP) is 2.84. The fraction of sp³-hybridized carbons (Fsp3) is 0.500. The predicted molar refractivity (Wildman–Crippen MR) is 63.3 cm³/mol. The van der Waals surface area contributed by atoms with E-state index in [-0.39, 0.29) is 17.3 Å². The highest BCUT2D eigenvalue weighted by Crippen LogP contribution is 2.54. The Morgan fingerprint density at radius 1 is 1.44 bits per heavy atom. The van der Waals surface area contributed by atoms with Gasteiger partial charge < -0.3 is 4.74 Å². The fourth-order valence-electron chi connectivity index (χ4n) is 2.20. The minimum Gasteiger partial charge on any atom is -0.466 e. The van der Waals surface area contributed by atoms with Crippen LogP contribution < -0.4 is 0 Å². The summed E-state index contributed by atoms with van der Waals surface area (Å²) in [7, 11) is 0. The van der Waals surface area contributed by atoms with Gasteiger partial charge in [0.05, 0.1) is 12.5 Å². The molecule has 2 heteroatoms. The highest BCUT2D eigenvalue weighted by molar-refractivity contribution is 5.79. The second kappa shape index (κ2) is 3.93. The van der Waals surface area contributed by atoms with Crippen LogP contribution in [0.5, 0.6) is 0 Å². The van der Waals surface area contributed by atoms with E-state index in [1.54, 1.807) is 0 Å². The first-order valence-corrected chi connectivity index (χ1v) is 5.81. The molecular weight excluding hydrogens is 200 g/mol. The van der Waals surface area contributed by atoms with E-state index in [1.165, 1.54) is 11.1 Å². The van der Waals surface area contributed by atoms with Crippen LogP contribution in [0.1, 0.15) is 31.4 Å². The average molecular weight is 218 g/mol. The monoisotopic (exact) mass is 218 g/mol. The molecule has 0 aliphatic heterocycles. The summed E-state index contributed by atoms with van der Waals surface area (Å²) < 4.78 is 5.07. The Morgan fingerprint density at radius 3 is 2.62 bits per heavy atom. The molecular formula is C14H18O2. The Labute approximate surface area is 96.6 Å². The number of ether oxygens (including phenoxy) is 1. The van der Waals surface area contributed by atoms with E-state index >= 15 is 0 Å². The zero-order valence-corrected chi connectivity index (χ0v) is 10.1. The number of rotatable bonds is 3. The summed E-state index contributed by atoms with van der Waals surface area (Å²) in [6.45, 7) is 6.53. The minimum atomic E-state index is -0.0504. The van der Waals surface area contributed by atoms with Crippen molar-refractivity contribution >= 4 is 5.97 Å². The third kappa shape index (κ3) is 1.84. The molecule has 2 unspecified atom stereocenters. The molecule has 2 nitrogen and oxygen atoms in total. The van der Waals surface area contributed by atoms with Gasteiger partial charge in [0.15, 0.2) is 0 Å². The first-order valence-electron chi connectivity index (χ1n) is 5.81. The molecule has 0 bridgehead atoms. The van der Waals surface area contributed by atoms with Gasteiger partial charge in [-0.2, -0.15) is 0 Å². The fourth-order valence-corrected chi connectivity index (χ4v) is 2.20. The Bertz CT molecular complexity index is 394. The van der Waals surface area contributed by atoms with E-state index in [0.717, 1.165) is 6.42 Å². The minimum absolute atomic E-state index is 0.0000463. The molecule has 1 aliphatic rings. The quantitative estimate of drug-likeness (QED) is 0.729. The maximum atomic E-state index is 11.6. The number of esters is 1. The first kappa shape index (κ1) is 11.2. The number of carbonyl (C=O) groups excluding carboxylic acids is 1. The van der Waals surface area contributed by atoms with E-state index < -0.39 is 0 Å². The molecule has 1 aromatic rings. The average Bonchev–Trinajstić information content (AvgIpc) is 2.93. The van der Waals surface area contributed by atoms with Gasteiger partial charge in [0, 0.05) is 5.41 Å². The van der Waals surface area contributed by atoms with E-state index in [0.29, 0.717) is 6.61 Å². The summed E-state index contributed by atoms with van der Waals surface area (Å²) in [6, 6.07) is 8.44.